The van der Waals surface area contributed by atoms with Crippen LogP contribution in [0.4, 0.5) is 0 Å². The zero-order chi connectivity index (χ0) is 13.4. The maximum Gasteiger partial charge on any atom is 0.0210 e. The van der Waals surface area contributed by atoms with Gasteiger partial charge in [-0.3, -0.25) is 0 Å². The van der Waals surface area contributed by atoms with Crippen molar-refractivity contribution < 1.29 is 0 Å². The van der Waals surface area contributed by atoms with Crippen LogP contribution >= 0.6 is 23.5 Å². The second-order valence-corrected chi connectivity index (χ2v) is 7.60. The molecule has 102 valence electrons. The van der Waals surface area contributed by atoms with Crippen molar-refractivity contribution in [1.82, 2.24) is 5.32 Å². The van der Waals surface area contributed by atoms with Gasteiger partial charge in [0.05, 0.1) is 0 Å². The highest BCUT2D eigenvalue weighted by molar-refractivity contribution is 7.99. The Hall–Kier alpha value is -0.120. The van der Waals surface area contributed by atoms with E-state index in [0.29, 0.717) is 0 Å². The maximum atomic E-state index is 3.51. The lowest BCUT2D eigenvalue weighted by molar-refractivity contribution is 0.424. The largest absolute Gasteiger partial charge is 0.308 e. The van der Waals surface area contributed by atoms with E-state index >= 15 is 0 Å². The van der Waals surface area contributed by atoms with Crippen molar-refractivity contribution in [2.24, 2.45) is 0 Å². The molecule has 0 radical (unpaired) electrons. The van der Waals surface area contributed by atoms with E-state index in [0.717, 1.165) is 6.54 Å². The number of nitrogens with one attached hydrogen (secondary N) is 1. The van der Waals surface area contributed by atoms with Crippen molar-refractivity contribution in [3.8, 4) is 0 Å². The Morgan fingerprint density at radius 3 is 2.28 bits per heavy atom. The SMILES string of the molecule is CSCCCSc1ccc(CNC(C)(C)C)cc1. The molecule has 1 N–H and O–H groups in total. The lowest BCUT2D eigenvalue weighted by Crippen LogP contribution is -2.35. The molecule has 3 heteroatoms. The van der Waals surface area contributed by atoms with Gasteiger partial charge in [0.2, 0.25) is 0 Å². The number of thioether (sulfide) groups is 2. The third-order valence-corrected chi connectivity index (χ3v) is 4.30. The predicted octanol–water partition coefficient (Wildman–Crippen LogP) is 4.42. The first-order valence-electron chi connectivity index (χ1n) is 6.47. The third kappa shape index (κ3) is 7.34. The van der Waals surface area contributed by atoms with Crippen LogP contribution in [0.2, 0.25) is 0 Å². The minimum Gasteiger partial charge on any atom is -0.308 e. The van der Waals surface area contributed by atoms with Crippen LogP contribution in [0.5, 0.6) is 0 Å². The van der Waals surface area contributed by atoms with Crippen molar-refractivity contribution >= 4 is 23.5 Å². The summed E-state index contributed by atoms with van der Waals surface area (Å²) >= 11 is 3.89. The Morgan fingerprint density at radius 2 is 1.72 bits per heavy atom. The van der Waals surface area contributed by atoms with Crippen LogP contribution in [0.15, 0.2) is 29.2 Å². The average molecular weight is 284 g/mol. The van der Waals surface area contributed by atoms with Gasteiger partial charge in [-0.25, -0.2) is 0 Å². The second kappa shape index (κ2) is 8.13. The number of hydrogen-bond acceptors (Lipinski definition) is 3. The number of rotatable bonds is 7. The minimum atomic E-state index is 0.186. The molecule has 0 saturated carbocycles. The summed E-state index contributed by atoms with van der Waals surface area (Å²) in [7, 11) is 0. The van der Waals surface area contributed by atoms with Gasteiger partial charge in [-0.05, 0) is 62.6 Å². The Morgan fingerprint density at radius 1 is 1.06 bits per heavy atom. The van der Waals surface area contributed by atoms with Crippen molar-refractivity contribution in [2.45, 2.75) is 44.2 Å². The first-order valence-corrected chi connectivity index (χ1v) is 8.85. The number of benzene rings is 1. The summed E-state index contributed by atoms with van der Waals surface area (Å²) in [6.07, 6.45) is 3.46. The van der Waals surface area contributed by atoms with Crippen LogP contribution in [-0.4, -0.2) is 23.3 Å². The molecule has 0 atom stereocenters. The van der Waals surface area contributed by atoms with Crippen LogP contribution < -0.4 is 5.32 Å². The Kier molecular flexibility index (Phi) is 7.20. The molecule has 1 rings (SSSR count). The fourth-order valence-corrected chi connectivity index (χ4v) is 2.93. The molecule has 0 amide bonds. The molecule has 0 unspecified atom stereocenters. The summed E-state index contributed by atoms with van der Waals surface area (Å²) in [5.41, 5.74) is 1.55. The van der Waals surface area contributed by atoms with Gasteiger partial charge in [0.25, 0.3) is 0 Å². The predicted molar refractivity (Wildman–Crippen MR) is 86.8 cm³/mol. The highest BCUT2D eigenvalue weighted by Gasteiger charge is 2.07. The highest BCUT2D eigenvalue weighted by Crippen LogP contribution is 2.20. The van der Waals surface area contributed by atoms with Crippen molar-refractivity contribution in [3.63, 3.8) is 0 Å². The summed E-state index contributed by atoms with van der Waals surface area (Å²) in [5, 5.41) is 3.51. The molecule has 18 heavy (non-hydrogen) atoms. The average Bonchev–Trinajstić information content (AvgIpc) is 2.33. The molecule has 1 nitrogen and oxygen atoms in total. The smallest absolute Gasteiger partial charge is 0.0210 e. The highest BCUT2D eigenvalue weighted by atomic mass is 32.2. The molecule has 0 aliphatic heterocycles. The Labute approximate surface area is 121 Å². The molecular weight excluding hydrogens is 258 g/mol. The minimum absolute atomic E-state index is 0.186. The van der Waals surface area contributed by atoms with E-state index in [1.54, 1.807) is 0 Å². The van der Waals surface area contributed by atoms with Gasteiger partial charge in [0.15, 0.2) is 0 Å². The number of hydrogen-bond donors (Lipinski definition) is 1. The van der Waals surface area contributed by atoms with Crippen LogP contribution in [0, 0.1) is 0 Å². The molecule has 0 spiro atoms. The first kappa shape index (κ1) is 15.9. The van der Waals surface area contributed by atoms with Crippen LogP contribution in [0.3, 0.4) is 0 Å². The van der Waals surface area contributed by atoms with Crippen LogP contribution in [0.25, 0.3) is 0 Å². The first-order chi connectivity index (χ1) is 8.51. The van der Waals surface area contributed by atoms with Gasteiger partial charge in [0, 0.05) is 17.0 Å². The zero-order valence-electron chi connectivity index (χ0n) is 12.0. The molecule has 0 bridgehead atoms. The van der Waals surface area contributed by atoms with Gasteiger partial charge >= 0.3 is 0 Å². The standard InChI is InChI=1S/C15H25NS2/c1-15(2,3)16-12-13-6-8-14(9-7-13)18-11-5-10-17-4/h6-9,16H,5,10-12H2,1-4H3. The molecule has 0 aromatic heterocycles. The second-order valence-electron chi connectivity index (χ2n) is 5.44. The molecular formula is C15H25NS2. The van der Waals surface area contributed by atoms with Gasteiger partial charge in [-0.2, -0.15) is 11.8 Å². The summed E-state index contributed by atoms with van der Waals surface area (Å²) in [6.45, 7) is 7.54. The summed E-state index contributed by atoms with van der Waals surface area (Å²) in [5.74, 6) is 2.49. The van der Waals surface area contributed by atoms with Crippen LogP contribution in [-0.2, 0) is 6.54 Å². The summed E-state index contributed by atoms with van der Waals surface area (Å²) in [4.78, 5) is 1.38. The van der Waals surface area contributed by atoms with E-state index in [2.05, 4.69) is 56.6 Å². The van der Waals surface area contributed by atoms with Crippen LogP contribution in [0.1, 0.15) is 32.8 Å². The molecule has 0 aliphatic rings. The Bertz CT molecular complexity index is 327. The lowest BCUT2D eigenvalue weighted by Gasteiger charge is -2.20. The molecule has 0 fully saturated rings. The third-order valence-electron chi connectivity index (χ3n) is 2.51. The van der Waals surface area contributed by atoms with Crippen molar-refractivity contribution in [2.75, 3.05) is 17.8 Å². The van der Waals surface area contributed by atoms with E-state index < -0.39 is 0 Å². The molecule has 0 saturated heterocycles. The molecule has 1 aromatic carbocycles. The fourth-order valence-electron chi connectivity index (χ4n) is 1.46. The van der Waals surface area contributed by atoms with Crippen molar-refractivity contribution in [1.29, 1.82) is 0 Å². The van der Waals surface area contributed by atoms with E-state index in [-0.39, 0.29) is 5.54 Å². The molecule has 1 aromatic rings. The zero-order valence-corrected chi connectivity index (χ0v) is 13.6. The van der Waals surface area contributed by atoms with Crippen molar-refractivity contribution in [3.05, 3.63) is 29.8 Å². The fraction of sp³-hybridized carbons (Fsp3) is 0.600. The normalized spacial score (nSPS) is 11.8. The van der Waals surface area contributed by atoms with Gasteiger partial charge in [-0.15, -0.1) is 11.8 Å². The quantitative estimate of drug-likeness (QED) is 0.587. The van der Waals surface area contributed by atoms with Gasteiger partial charge < -0.3 is 5.32 Å². The monoisotopic (exact) mass is 283 g/mol. The topological polar surface area (TPSA) is 12.0 Å². The maximum absolute atomic E-state index is 3.51. The lowest BCUT2D eigenvalue weighted by atomic mass is 10.1. The molecule has 0 aliphatic carbocycles. The van der Waals surface area contributed by atoms with E-state index in [1.165, 1.54) is 28.4 Å². The van der Waals surface area contributed by atoms with E-state index in [9.17, 15) is 0 Å². The van der Waals surface area contributed by atoms with E-state index in [4.69, 9.17) is 0 Å². The summed E-state index contributed by atoms with van der Waals surface area (Å²) in [6, 6.07) is 8.94. The molecule has 0 heterocycles. The van der Waals surface area contributed by atoms with Gasteiger partial charge in [-0.1, -0.05) is 12.1 Å². The Balaban J connectivity index is 2.33. The summed E-state index contributed by atoms with van der Waals surface area (Å²) < 4.78 is 0. The van der Waals surface area contributed by atoms with E-state index in [1.807, 2.05) is 23.5 Å². The van der Waals surface area contributed by atoms with Gasteiger partial charge in [0.1, 0.15) is 0 Å².